The van der Waals surface area contributed by atoms with Crippen molar-refractivity contribution in [3.63, 3.8) is 0 Å². The Kier molecular flexibility index (Phi) is 3.55. The van der Waals surface area contributed by atoms with Gasteiger partial charge < -0.3 is 10.4 Å². The molecule has 0 bridgehead atoms. The molecule has 0 aromatic carbocycles. The highest BCUT2D eigenvalue weighted by Crippen LogP contribution is 2.09. The molecule has 1 unspecified atom stereocenters. The van der Waals surface area contributed by atoms with Crippen LogP contribution in [0.1, 0.15) is 44.2 Å². The van der Waals surface area contributed by atoms with Crippen molar-refractivity contribution in [1.29, 1.82) is 0 Å². The summed E-state index contributed by atoms with van der Waals surface area (Å²) in [5.74, 6) is -1.30. The fourth-order valence-electron chi connectivity index (χ4n) is 1.26. The zero-order chi connectivity index (χ0) is 13.2. The average molecular weight is 239 g/mol. The van der Waals surface area contributed by atoms with E-state index in [0.29, 0.717) is 0 Å². The number of hydrogen-bond donors (Lipinski definition) is 2. The van der Waals surface area contributed by atoms with Gasteiger partial charge in [-0.2, -0.15) is 5.10 Å². The quantitative estimate of drug-likeness (QED) is 0.826. The zero-order valence-corrected chi connectivity index (χ0v) is 10.4. The highest BCUT2D eigenvalue weighted by Gasteiger charge is 2.21. The van der Waals surface area contributed by atoms with E-state index in [4.69, 9.17) is 5.11 Å². The molecule has 0 aliphatic rings. The van der Waals surface area contributed by atoms with Crippen molar-refractivity contribution in [3.8, 4) is 0 Å². The molecule has 1 aromatic rings. The first-order valence-electron chi connectivity index (χ1n) is 5.31. The Morgan fingerprint density at radius 2 is 2.06 bits per heavy atom. The highest BCUT2D eigenvalue weighted by molar-refractivity contribution is 5.85. The van der Waals surface area contributed by atoms with Gasteiger partial charge in [-0.3, -0.25) is 9.48 Å². The van der Waals surface area contributed by atoms with Crippen LogP contribution in [-0.2, 0) is 4.79 Å². The van der Waals surface area contributed by atoms with Crippen LogP contribution in [0.5, 0.6) is 0 Å². The van der Waals surface area contributed by atoms with Crippen LogP contribution in [-0.4, -0.2) is 32.3 Å². The number of carboxylic acid groups (broad SMARTS) is 1. The van der Waals surface area contributed by atoms with Crippen molar-refractivity contribution >= 4 is 11.9 Å². The van der Waals surface area contributed by atoms with Gasteiger partial charge in [0.05, 0.1) is 0 Å². The summed E-state index contributed by atoms with van der Waals surface area (Å²) in [6.07, 6.45) is 1.48. The molecule has 0 radical (unpaired) electrons. The van der Waals surface area contributed by atoms with Crippen molar-refractivity contribution in [2.75, 3.05) is 0 Å². The molecule has 94 valence electrons. The molecule has 0 spiro atoms. The summed E-state index contributed by atoms with van der Waals surface area (Å²) >= 11 is 0. The van der Waals surface area contributed by atoms with E-state index in [1.807, 2.05) is 20.8 Å². The number of nitrogens with one attached hydrogen (secondary N) is 1. The van der Waals surface area contributed by atoms with Gasteiger partial charge in [-0.05, 0) is 33.8 Å². The molecule has 6 nitrogen and oxygen atoms in total. The maximum absolute atomic E-state index is 11.8. The van der Waals surface area contributed by atoms with Gasteiger partial charge in [0.2, 0.25) is 5.91 Å². The lowest BCUT2D eigenvalue weighted by Gasteiger charge is -2.23. The molecule has 17 heavy (non-hydrogen) atoms. The van der Waals surface area contributed by atoms with Gasteiger partial charge >= 0.3 is 5.97 Å². The summed E-state index contributed by atoms with van der Waals surface area (Å²) in [4.78, 5) is 22.5. The number of aromatic carboxylic acids is 1. The fourth-order valence-corrected chi connectivity index (χ4v) is 1.26. The van der Waals surface area contributed by atoms with Gasteiger partial charge in [-0.25, -0.2) is 4.79 Å². The molecule has 1 aromatic heterocycles. The van der Waals surface area contributed by atoms with E-state index in [-0.39, 0.29) is 17.1 Å². The SMILES string of the molecule is CC(C(=O)NC(C)(C)C)n1ccc(C(=O)O)n1. The molecule has 0 saturated carbocycles. The maximum Gasteiger partial charge on any atom is 0.356 e. The lowest BCUT2D eigenvalue weighted by Crippen LogP contribution is -2.43. The van der Waals surface area contributed by atoms with Gasteiger partial charge in [-0.15, -0.1) is 0 Å². The number of carbonyl (C=O) groups excluding carboxylic acids is 1. The number of hydrogen-bond acceptors (Lipinski definition) is 3. The third-order valence-corrected chi connectivity index (χ3v) is 2.10. The molecule has 0 aliphatic heterocycles. The summed E-state index contributed by atoms with van der Waals surface area (Å²) in [7, 11) is 0. The normalized spacial score (nSPS) is 13.2. The van der Waals surface area contributed by atoms with Crippen molar-refractivity contribution in [3.05, 3.63) is 18.0 Å². The van der Waals surface area contributed by atoms with Crippen LogP contribution in [0.4, 0.5) is 0 Å². The first kappa shape index (κ1) is 13.2. The van der Waals surface area contributed by atoms with Crippen molar-refractivity contribution in [1.82, 2.24) is 15.1 Å². The number of nitrogens with zero attached hydrogens (tertiary/aromatic N) is 2. The summed E-state index contributed by atoms with van der Waals surface area (Å²) in [6, 6.07) is 0.825. The predicted octanol–water partition coefficient (Wildman–Crippen LogP) is 1.06. The molecule has 6 heteroatoms. The van der Waals surface area contributed by atoms with Crippen LogP contribution < -0.4 is 5.32 Å². The number of carboxylic acids is 1. The van der Waals surface area contributed by atoms with Gasteiger partial charge in [0.25, 0.3) is 0 Å². The van der Waals surface area contributed by atoms with E-state index >= 15 is 0 Å². The smallest absolute Gasteiger partial charge is 0.356 e. The lowest BCUT2D eigenvalue weighted by atomic mass is 10.1. The second-order valence-corrected chi connectivity index (χ2v) is 4.90. The Labute approximate surface area is 99.6 Å². The Balaban J connectivity index is 2.78. The molecule has 2 N–H and O–H groups in total. The third-order valence-electron chi connectivity index (χ3n) is 2.10. The summed E-state index contributed by atoms with van der Waals surface area (Å²) in [5, 5.41) is 15.4. The number of carbonyl (C=O) groups is 2. The van der Waals surface area contributed by atoms with Gasteiger partial charge in [0, 0.05) is 11.7 Å². The molecule has 1 atom stereocenters. The summed E-state index contributed by atoms with van der Waals surface area (Å²) in [5.41, 5.74) is -0.394. The van der Waals surface area contributed by atoms with Crippen molar-refractivity contribution in [2.45, 2.75) is 39.3 Å². The summed E-state index contributed by atoms with van der Waals surface area (Å²) in [6.45, 7) is 7.30. The Morgan fingerprint density at radius 1 is 1.47 bits per heavy atom. The molecule has 1 amide bonds. The largest absolute Gasteiger partial charge is 0.476 e. The van der Waals surface area contributed by atoms with Gasteiger partial charge in [0.1, 0.15) is 6.04 Å². The molecule has 0 aliphatic carbocycles. The number of aromatic nitrogens is 2. The van der Waals surface area contributed by atoms with E-state index in [9.17, 15) is 9.59 Å². The van der Waals surface area contributed by atoms with E-state index in [2.05, 4.69) is 10.4 Å². The topological polar surface area (TPSA) is 84.2 Å². The van der Waals surface area contributed by atoms with Crippen LogP contribution in [0.3, 0.4) is 0 Å². The number of rotatable bonds is 3. The zero-order valence-electron chi connectivity index (χ0n) is 10.4. The molecule has 1 heterocycles. The lowest BCUT2D eigenvalue weighted by molar-refractivity contribution is -0.125. The van der Waals surface area contributed by atoms with E-state index in [1.54, 1.807) is 6.92 Å². The first-order valence-corrected chi connectivity index (χ1v) is 5.31. The van der Waals surface area contributed by atoms with E-state index in [0.717, 1.165) is 0 Å². The van der Waals surface area contributed by atoms with Crippen LogP contribution in [0, 0.1) is 0 Å². The first-order chi connectivity index (χ1) is 7.70. The molecule has 1 rings (SSSR count). The Bertz CT molecular complexity index is 431. The standard InChI is InChI=1S/C11H17N3O3/c1-7(9(15)12-11(2,3)4)14-6-5-8(13-14)10(16)17/h5-7H,1-4H3,(H,12,15)(H,16,17). The van der Waals surface area contributed by atoms with Crippen molar-refractivity contribution < 1.29 is 14.7 Å². The second kappa shape index (κ2) is 4.57. The van der Waals surface area contributed by atoms with E-state index in [1.165, 1.54) is 16.9 Å². The van der Waals surface area contributed by atoms with E-state index < -0.39 is 12.0 Å². The van der Waals surface area contributed by atoms with Gasteiger partial charge in [0.15, 0.2) is 5.69 Å². The number of amides is 1. The fraction of sp³-hybridized carbons (Fsp3) is 0.545. The van der Waals surface area contributed by atoms with Crippen LogP contribution in [0.2, 0.25) is 0 Å². The van der Waals surface area contributed by atoms with Gasteiger partial charge in [-0.1, -0.05) is 0 Å². The van der Waals surface area contributed by atoms with Crippen LogP contribution in [0.25, 0.3) is 0 Å². The predicted molar refractivity (Wildman–Crippen MR) is 61.8 cm³/mol. The Hall–Kier alpha value is -1.85. The molecular weight excluding hydrogens is 222 g/mol. The minimum atomic E-state index is -1.10. The van der Waals surface area contributed by atoms with Crippen LogP contribution in [0.15, 0.2) is 12.3 Å². The monoisotopic (exact) mass is 239 g/mol. The average Bonchev–Trinajstić information content (AvgIpc) is 2.62. The third kappa shape index (κ3) is 3.58. The minimum Gasteiger partial charge on any atom is -0.476 e. The highest BCUT2D eigenvalue weighted by atomic mass is 16.4. The van der Waals surface area contributed by atoms with Crippen molar-refractivity contribution in [2.24, 2.45) is 0 Å². The molecule has 0 saturated heterocycles. The Morgan fingerprint density at radius 3 is 2.47 bits per heavy atom. The minimum absolute atomic E-state index is 0.0691. The molecular formula is C11H17N3O3. The second-order valence-electron chi connectivity index (χ2n) is 4.90. The van der Waals surface area contributed by atoms with Crippen LogP contribution >= 0.6 is 0 Å². The molecule has 0 fully saturated rings. The maximum atomic E-state index is 11.8. The summed E-state index contributed by atoms with van der Waals surface area (Å²) < 4.78 is 1.34.